The number of morpholine rings is 1. The Morgan fingerprint density at radius 3 is 2.37 bits per heavy atom. The van der Waals surface area contributed by atoms with Gasteiger partial charge < -0.3 is 8.92 Å². The van der Waals surface area contributed by atoms with Gasteiger partial charge in [0.25, 0.3) is 0 Å². The molecule has 6 heteroatoms. The number of nitrogens with zero attached hydrogens (tertiary/aromatic N) is 1. The van der Waals surface area contributed by atoms with Gasteiger partial charge in [-0.2, -0.15) is 8.42 Å². The molecule has 1 atom stereocenters. The molecule has 0 unspecified atom stereocenters. The first-order valence-corrected chi connectivity index (χ1v) is 11.4. The van der Waals surface area contributed by atoms with E-state index in [4.69, 9.17) is 8.92 Å². The summed E-state index contributed by atoms with van der Waals surface area (Å²) in [6, 6.07) is 24.1. The van der Waals surface area contributed by atoms with Crippen molar-refractivity contribution in [2.45, 2.75) is 24.5 Å². The molecule has 3 aromatic carbocycles. The summed E-state index contributed by atoms with van der Waals surface area (Å²) >= 11 is 0. The molecule has 1 heterocycles. The van der Waals surface area contributed by atoms with Gasteiger partial charge in [0.2, 0.25) is 0 Å². The highest BCUT2D eigenvalue weighted by Crippen LogP contribution is 2.26. The molecule has 1 aliphatic rings. The zero-order valence-electron chi connectivity index (χ0n) is 16.9. The van der Waals surface area contributed by atoms with Crippen LogP contribution in [0.4, 0.5) is 0 Å². The fraction of sp³-hybridized carbons (Fsp3) is 0.250. The molecular weight excluding hydrogens is 398 g/mol. The lowest BCUT2D eigenvalue weighted by molar-refractivity contribution is -0.0329. The first-order chi connectivity index (χ1) is 14.5. The zero-order valence-corrected chi connectivity index (χ0v) is 17.7. The second-order valence-electron chi connectivity index (χ2n) is 7.50. The van der Waals surface area contributed by atoms with Crippen LogP contribution in [0.2, 0.25) is 0 Å². The van der Waals surface area contributed by atoms with Crippen LogP contribution in [0.5, 0.6) is 5.75 Å². The Balaban J connectivity index is 1.41. The quantitative estimate of drug-likeness (QED) is 0.552. The fourth-order valence-electron chi connectivity index (χ4n) is 3.51. The van der Waals surface area contributed by atoms with E-state index in [-0.39, 0.29) is 16.7 Å². The van der Waals surface area contributed by atoms with E-state index in [1.54, 1.807) is 36.4 Å². The maximum absolute atomic E-state index is 12.5. The van der Waals surface area contributed by atoms with Crippen LogP contribution in [-0.4, -0.2) is 33.0 Å². The Labute approximate surface area is 178 Å². The Morgan fingerprint density at radius 1 is 0.967 bits per heavy atom. The standard InChI is InChI=1S/C24H25NO4S/c1-19-7-13-23(14-8-19)30(26,27)29-22-11-9-21(10-12-22)24-18-25(15-16-28-24)17-20-5-3-2-4-6-20/h2-14,24H,15-18H2,1H3/t24-/m1/s1. The molecule has 0 radical (unpaired) electrons. The maximum Gasteiger partial charge on any atom is 0.339 e. The Morgan fingerprint density at radius 2 is 1.67 bits per heavy atom. The van der Waals surface area contributed by atoms with Crippen molar-refractivity contribution in [1.82, 2.24) is 4.90 Å². The van der Waals surface area contributed by atoms with E-state index in [1.807, 2.05) is 25.1 Å². The van der Waals surface area contributed by atoms with E-state index < -0.39 is 10.1 Å². The van der Waals surface area contributed by atoms with E-state index >= 15 is 0 Å². The summed E-state index contributed by atoms with van der Waals surface area (Å²) in [6.07, 6.45) is -0.0507. The summed E-state index contributed by atoms with van der Waals surface area (Å²) in [4.78, 5) is 2.51. The first kappa shape index (κ1) is 20.6. The lowest BCUT2D eigenvalue weighted by Gasteiger charge is -2.33. The molecule has 3 aromatic rings. The molecule has 0 aromatic heterocycles. The number of rotatable bonds is 6. The van der Waals surface area contributed by atoms with Crippen molar-refractivity contribution in [2.24, 2.45) is 0 Å². The van der Waals surface area contributed by atoms with Crippen molar-refractivity contribution in [3.05, 3.63) is 95.6 Å². The first-order valence-electron chi connectivity index (χ1n) is 9.99. The van der Waals surface area contributed by atoms with E-state index in [1.165, 1.54) is 5.56 Å². The SMILES string of the molecule is Cc1ccc(S(=O)(=O)Oc2ccc([C@H]3CN(Cc4ccccc4)CCO3)cc2)cc1. The average molecular weight is 424 g/mol. The van der Waals surface area contributed by atoms with Crippen LogP contribution in [-0.2, 0) is 21.4 Å². The number of aryl methyl sites for hydroxylation is 1. The molecule has 1 aliphatic heterocycles. The van der Waals surface area contributed by atoms with Gasteiger partial charge in [-0.1, -0.05) is 60.2 Å². The topological polar surface area (TPSA) is 55.8 Å². The highest BCUT2D eigenvalue weighted by molar-refractivity contribution is 7.87. The lowest BCUT2D eigenvalue weighted by atomic mass is 10.1. The van der Waals surface area contributed by atoms with Gasteiger partial charge in [-0.05, 0) is 42.3 Å². The highest BCUT2D eigenvalue weighted by atomic mass is 32.2. The van der Waals surface area contributed by atoms with Gasteiger partial charge in [0.1, 0.15) is 10.6 Å². The normalized spacial score (nSPS) is 17.6. The molecule has 156 valence electrons. The van der Waals surface area contributed by atoms with Gasteiger partial charge >= 0.3 is 10.1 Å². The minimum Gasteiger partial charge on any atom is -0.379 e. The molecule has 0 saturated carbocycles. The molecule has 1 saturated heterocycles. The third kappa shape index (κ3) is 5.08. The number of ether oxygens (including phenoxy) is 1. The zero-order chi connectivity index (χ0) is 21.0. The van der Waals surface area contributed by atoms with E-state index in [0.717, 1.165) is 30.8 Å². The molecule has 4 rings (SSSR count). The molecule has 5 nitrogen and oxygen atoms in total. The summed E-state index contributed by atoms with van der Waals surface area (Å²) in [6.45, 7) is 5.14. The molecule has 0 bridgehead atoms. The van der Waals surface area contributed by atoms with Crippen LogP contribution in [0.15, 0.2) is 83.8 Å². The van der Waals surface area contributed by atoms with Crippen LogP contribution in [0.1, 0.15) is 22.8 Å². The summed E-state index contributed by atoms with van der Waals surface area (Å²) < 4.78 is 36.2. The van der Waals surface area contributed by atoms with Gasteiger partial charge in [-0.3, -0.25) is 4.90 Å². The summed E-state index contributed by atoms with van der Waals surface area (Å²) in [7, 11) is -3.85. The molecule has 0 N–H and O–H groups in total. The molecule has 30 heavy (non-hydrogen) atoms. The third-order valence-corrected chi connectivity index (χ3v) is 6.43. The largest absolute Gasteiger partial charge is 0.379 e. The van der Waals surface area contributed by atoms with Crippen molar-refractivity contribution < 1.29 is 17.3 Å². The summed E-state index contributed by atoms with van der Waals surface area (Å²) in [5.41, 5.74) is 3.28. The van der Waals surface area contributed by atoms with E-state index in [0.29, 0.717) is 6.61 Å². The van der Waals surface area contributed by atoms with Crippen LogP contribution in [0.25, 0.3) is 0 Å². The molecule has 0 spiro atoms. The van der Waals surface area contributed by atoms with Gasteiger partial charge in [-0.25, -0.2) is 0 Å². The van der Waals surface area contributed by atoms with E-state index in [9.17, 15) is 8.42 Å². The van der Waals surface area contributed by atoms with Crippen molar-refractivity contribution in [3.8, 4) is 5.75 Å². The minimum absolute atomic E-state index is 0.0507. The maximum atomic E-state index is 12.5. The van der Waals surface area contributed by atoms with Crippen LogP contribution < -0.4 is 4.18 Å². The van der Waals surface area contributed by atoms with Crippen molar-refractivity contribution in [1.29, 1.82) is 0 Å². The van der Waals surface area contributed by atoms with Crippen LogP contribution in [0, 0.1) is 6.92 Å². The van der Waals surface area contributed by atoms with Gasteiger partial charge in [-0.15, -0.1) is 0 Å². The number of hydrogen-bond acceptors (Lipinski definition) is 5. The third-order valence-electron chi connectivity index (χ3n) is 5.17. The predicted molar refractivity (Wildman–Crippen MR) is 116 cm³/mol. The van der Waals surface area contributed by atoms with Crippen molar-refractivity contribution in [2.75, 3.05) is 19.7 Å². The van der Waals surface area contributed by atoms with E-state index in [2.05, 4.69) is 29.2 Å². The smallest absolute Gasteiger partial charge is 0.339 e. The Kier molecular flexibility index (Phi) is 6.18. The molecule has 1 fully saturated rings. The highest BCUT2D eigenvalue weighted by Gasteiger charge is 2.22. The molecular formula is C24H25NO4S. The Bertz CT molecular complexity index is 1060. The van der Waals surface area contributed by atoms with Gasteiger partial charge in [0, 0.05) is 19.6 Å². The monoisotopic (exact) mass is 423 g/mol. The van der Waals surface area contributed by atoms with Gasteiger partial charge in [0.15, 0.2) is 0 Å². The van der Waals surface area contributed by atoms with Crippen molar-refractivity contribution in [3.63, 3.8) is 0 Å². The second-order valence-corrected chi connectivity index (χ2v) is 9.05. The second kappa shape index (κ2) is 9.00. The fourth-order valence-corrected chi connectivity index (χ4v) is 4.44. The van der Waals surface area contributed by atoms with Crippen LogP contribution >= 0.6 is 0 Å². The summed E-state index contributed by atoms with van der Waals surface area (Å²) in [5.74, 6) is 0.288. The average Bonchev–Trinajstić information content (AvgIpc) is 2.75. The lowest BCUT2D eigenvalue weighted by Crippen LogP contribution is -2.37. The minimum atomic E-state index is -3.85. The van der Waals surface area contributed by atoms with Crippen LogP contribution in [0.3, 0.4) is 0 Å². The Hall–Kier alpha value is -2.67. The van der Waals surface area contributed by atoms with Crippen molar-refractivity contribution >= 4 is 10.1 Å². The molecule has 0 aliphatic carbocycles. The molecule has 0 amide bonds. The number of hydrogen-bond donors (Lipinski definition) is 0. The predicted octanol–water partition coefficient (Wildman–Crippen LogP) is 4.34. The summed E-state index contributed by atoms with van der Waals surface area (Å²) in [5, 5.41) is 0. The number of benzene rings is 3. The van der Waals surface area contributed by atoms with Gasteiger partial charge in [0.05, 0.1) is 12.7 Å².